The van der Waals surface area contributed by atoms with Crippen LogP contribution in [-0.4, -0.2) is 103 Å². The quantitative estimate of drug-likeness (QED) is 0.0981. The second-order valence-corrected chi connectivity index (χ2v) is 14.7. The molecule has 16 nitrogen and oxygen atoms in total. The number of ketones is 1. The molecule has 2 saturated carbocycles. The van der Waals surface area contributed by atoms with Gasteiger partial charge in [0, 0.05) is 44.4 Å². The molecule has 2 amide bonds. The number of pyridine rings is 1. The first kappa shape index (κ1) is 35.2. The van der Waals surface area contributed by atoms with Gasteiger partial charge in [-0.25, -0.2) is 23.3 Å². The van der Waals surface area contributed by atoms with Crippen LogP contribution in [0.2, 0.25) is 0 Å². The van der Waals surface area contributed by atoms with E-state index in [1.54, 1.807) is 25.3 Å². The Kier molecular flexibility index (Phi) is 10.7. The summed E-state index contributed by atoms with van der Waals surface area (Å²) in [5, 5.41) is 20.9. The van der Waals surface area contributed by atoms with E-state index in [-0.39, 0.29) is 24.7 Å². The number of piperidine rings is 1. The maximum absolute atomic E-state index is 13.7. The Hall–Kier alpha value is -3.70. The zero-order valence-corrected chi connectivity index (χ0v) is 27.5. The van der Waals surface area contributed by atoms with Crippen LogP contribution in [0.4, 0.5) is 0 Å². The van der Waals surface area contributed by atoms with Crippen LogP contribution in [0.25, 0.3) is 0 Å². The average molecular weight is 665 g/mol. The molecule has 1 aromatic heterocycles. The van der Waals surface area contributed by atoms with E-state index in [4.69, 9.17) is 10.1 Å². The van der Waals surface area contributed by atoms with Gasteiger partial charge in [-0.05, 0) is 62.0 Å². The number of hydrazine groups is 1. The third kappa shape index (κ3) is 7.47. The molecule has 3 fully saturated rings. The number of likely N-dealkylation sites (N-methyl/N-ethyl adjacent to an activating group) is 1. The average Bonchev–Trinajstić information content (AvgIpc) is 3.31. The summed E-state index contributed by atoms with van der Waals surface area (Å²) in [6.45, 7) is 5.72. The molecule has 4 N–H and O–H groups in total. The number of aromatic nitrogens is 1. The number of hydrogen-bond donors (Lipinski definition) is 4. The van der Waals surface area contributed by atoms with Gasteiger partial charge in [0.2, 0.25) is 21.8 Å². The lowest BCUT2D eigenvalue weighted by Crippen LogP contribution is -2.61. The summed E-state index contributed by atoms with van der Waals surface area (Å²) in [5.41, 5.74) is 0.916. The molecule has 1 aliphatic heterocycles. The normalized spacial score (nSPS) is 26.0. The van der Waals surface area contributed by atoms with Crippen molar-refractivity contribution in [3.63, 3.8) is 0 Å². The highest BCUT2D eigenvalue weighted by atomic mass is 32.2. The van der Waals surface area contributed by atoms with Crippen molar-refractivity contribution in [3.05, 3.63) is 40.2 Å². The van der Waals surface area contributed by atoms with Crippen molar-refractivity contribution in [2.75, 3.05) is 32.5 Å². The van der Waals surface area contributed by atoms with E-state index < -0.39 is 74.3 Å². The zero-order valence-electron chi connectivity index (χ0n) is 26.7. The van der Waals surface area contributed by atoms with Crippen molar-refractivity contribution in [1.29, 1.82) is 5.41 Å². The molecule has 2 aliphatic carbocycles. The maximum atomic E-state index is 13.7. The van der Waals surface area contributed by atoms with Crippen LogP contribution in [0.15, 0.2) is 24.5 Å². The molecule has 17 heteroatoms. The standard InChI is InChI=1S/C29H44N8O8S/c1-5-45-26-21(9-7-13-36(26)27(30)33-37(41)42)32-24(39)17-35(4)25(40)22(14-19-8-6-12-31-16-19)34-46(43,44)18-29-11-10-20(15-23(29)38)28(29,2)3/h6,8,12,16,20-22,26,34H,5,7,9-11,13-15,17-18H2,1-4H3,(H2,30,33)(H,32,39). The molecule has 4 rings (SSSR count). The minimum Gasteiger partial charge on any atom is -0.356 e. The molecular formula is C29H44N8O8S. The van der Waals surface area contributed by atoms with E-state index in [0.29, 0.717) is 37.8 Å². The SMILES string of the molecule is CCOC1C(NC(=O)CN(C)C(=O)C(Cc2cccnc2)NS(=O)(=O)CC23CCC(CC2=O)C3(C)C)CCCN1C(=N)N[N+](=O)[O-]. The van der Waals surface area contributed by atoms with Gasteiger partial charge < -0.3 is 19.9 Å². The number of nitrogens with one attached hydrogen (secondary N) is 4. The van der Waals surface area contributed by atoms with Crippen molar-refractivity contribution in [3.8, 4) is 0 Å². The van der Waals surface area contributed by atoms with Crippen molar-refractivity contribution in [2.45, 2.75) is 77.6 Å². The van der Waals surface area contributed by atoms with E-state index in [1.807, 2.05) is 19.3 Å². The Bertz CT molecular complexity index is 1440. The molecule has 0 radical (unpaired) electrons. The van der Waals surface area contributed by atoms with E-state index in [9.17, 15) is 32.9 Å². The number of fused-ring (bicyclic) bond motifs is 2. The molecular weight excluding hydrogens is 620 g/mol. The predicted molar refractivity (Wildman–Crippen MR) is 166 cm³/mol. The first-order valence-corrected chi connectivity index (χ1v) is 17.1. The van der Waals surface area contributed by atoms with Crippen LogP contribution in [0, 0.1) is 32.3 Å². The lowest BCUT2D eigenvalue weighted by atomic mass is 9.70. The highest BCUT2D eigenvalue weighted by Gasteiger charge is 2.65. The zero-order chi connectivity index (χ0) is 33.9. The molecule has 2 bridgehead atoms. The minimum absolute atomic E-state index is 0.0274. The number of rotatable bonds is 13. The van der Waals surface area contributed by atoms with Gasteiger partial charge in [0.1, 0.15) is 11.8 Å². The summed E-state index contributed by atoms with van der Waals surface area (Å²) in [5.74, 6) is -2.03. The second-order valence-electron chi connectivity index (χ2n) is 12.9. The Labute approximate surface area is 268 Å². The summed E-state index contributed by atoms with van der Waals surface area (Å²) >= 11 is 0. The number of ether oxygens (including phenoxy) is 1. The van der Waals surface area contributed by atoms with Crippen LogP contribution in [0.3, 0.4) is 0 Å². The van der Waals surface area contributed by atoms with Gasteiger partial charge in [-0.2, -0.15) is 0 Å². The van der Waals surface area contributed by atoms with Gasteiger partial charge in [-0.3, -0.25) is 24.8 Å². The summed E-state index contributed by atoms with van der Waals surface area (Å²) in [7, 11) is -2.74. The molecule has 1 saturated heterocycles. The van der Waals surface area contributed by atoms with E-state index in [1.165, 1.54) is 18.1 Å². The van der Waals surface area contributed by atoms with Crippen LogP contribution in [-0.2, 0) is 35.6 Å². The Balaban J connectivity index is 1.47. The molecule has 1 aromatic rings. The number of likely N-dealkylation sites (tertiary alicyclic amines) is 1. The molecule has 0 spiro atoms. The van der Waals surface area contributed by atoms with Gasteiger partial charge in [-0.1, -0.05) is 25.3 Å². The topological polar surface area (TPSA) is 217 Å². The van der Waals surface area contributed by atoms with E-state index >= 15 is 0 Å². The predicted octanol–water partition coefficient (Wildman–Crippen LogP) is 0.425. The first-order valence-electron chi connectivity index (χ1n) is 15.4. The lowest BCUT2D eigenvalue weighted by Gasteiger charge is -2.41. The molecule has 5 unspecified atom stereocenters. The molecule has 5 atom stereocenters. The van der Waals surface area contributed by atoms with Gasteiger partial charge >= 0.3 is 0 Å². The highest BCUT2D eigenvalue weighted by Crippen LogP contribution is 2.64. The number of nitro groups is 1. The van der Waals surface area contributed by atoms with Crippen LogP contribution < -0.4 is 15.5 Å². The lowest BCUT2D eigenvalue weighted by molar-refractivity contribution is -0.527. The number of sulfonamides is 1. The van der Waals surface area contributed by atoms with Crippen LogP contribution in [0.1, 0.15) is 58.4 Å². The fourth-order valence-electron chi connectivity index (χ4n) is 7.32. The Morgan fingerprint density at radius 3 is 2.65 bits per heavy atom. The smallest absolute Gasteiger partial charge is 0.256 e. The number of nitrogens with zero attached hydrogens (tertiary/aromatic N) is 4. The Morgan fingerprint density at radius 1 is 1.33 bits per heavy atom. The van der Waals surface area contributed by atoms with Crippen molar-refractivity contribution < 1.29 is 32.6 Å². The monoisotopic (exact) mass is 664 g/mol. The molecule has 0 aromatic carbocycles. The maximum Gasteiger partial charge on any atom is 0.256 e. The third-order valence-corrected chi connectivity index (χ3v) is 11.4. The number of hydrogen-bond acceptors (Lipinski definition) is 10. The Morgan fingerprint density at radius 2 is 2.07 bits per heavy atom. The third-order valence-electron chi connectivity index (χ3n) is 9.85. The van der Waals surface area contributed by atoms with E-state index in [2.05, 4.69) is 15.0 Å². The van der Waals surface area contributed by atoms with Gasteiger partial charge in [0.25, 0.3) is 5.96 Å². The number of Topliss-reactive ketones (excluding diaryl/α,β-unsaturated/α-hetero) is 1. The number of carbonyl (C=O) groups is 3. The summed E-state index contributed by atoms with van der Waals surface area (Å²) in [6.07, 6.45) is 4.80. The largest absolute Gasteiger partial charge is 0.356 e. The van der Waals surface area contributed by atoms with Gasteiger partial charge in [0.05, 0.1) is 18.3 Å². The van der Waals surface area contributed by atoms with Crippen LogP contribution in [0.5, 0.6) is 0 Å². The minimum atomic E-state index is -4.13. The second kappa shape index (κ2) is 14.0. The number of amides is 2. The summed E-state index contributed by atoms with van der Waals surface area (Å²) in [4.78, 5) is 57.4. The fraction of sp³-hybridized carbons (Fsp3) is 0.690. The van der Waals surface area contributed by atoms with Gasteiger partial charge in [-0.15, -0.1) is 0 Å². The van der Waals surface area contributed by atoms with Crippen molar-refractivity contribution in [2.24, 2.45) is 16.7 Å². The summed E-state index contributed by atoms with van der Waals surface area (Å²) < 4.78 is 35.6. The van der Waals surface area contributed by atoms with Crippen molar-refractivity contribution in [1.82, 2.24) is 30.2 Å². The molecule has 254 valence electrons. The number of carbonyl (C=O) groups excluding carboxylic acids is 3. The van der Waals surface area contributed by atoms with Gasteiger partial charge in [0.15, 0.2) is 11.3 Å². The van der Waals surface area contributed by atoms with E-state index in [0.717, 1.165) is 11.3 Å². The van der Waals surface area contributed by atoms with Crippen LogP contribution >= 0.6 is 0 Å². The summed E-state index contributed by atoms with van der Waals surface area (Å²) in [6, 6.07) is 1.48. The molecule has 46 heavy (non-hydrogen) atoms. The highest BCUT2D eigenvalue weighted by molar-refractivity contribution is 7.89. The first-order chi connectivity index (χ1) is 21.6. The molecule has 3 aliphatic rings. The number of guanidine groups is 1. The van der Waals surface area contributed by atoms with Crippen molar-refractivity contribution >= 4 is 33.6 Å². The fourth-order valence-corrected chi connectivity index (χ4v) is 9.34. The molecule has 2 heterocycles.